The average Bonchev–Trinajstić information content (AvgIpc) is 3.85. The highest BCUT2D eigenvalue weighted by atomic mass is 16.5. The molecule has 0 aliphatic carbocycles. The zero-order valence-electron chi connectivity index (χ0n) is 38.0. The van der Waals surface area contributed by atoms with Crippen LogP contribution in [0.4, 0.5) is 22.7 Å². The predicted octanol–water partition coefficient (Wildman–Crippen LogP) is 11.9. The Morgan fingerprint density at radius 1 is 0.566 bits per heavy atom. The number of hydrogen-bond donors (Lipinski definition) is 0. The molecule has 0 amide bonds. The van der Waals surface area contributed by atoms with Gasteiger partial charge in [0.1, 0.15) is 24.0 Å². The molecule has 1 aliphatic rings. The first-order chi connectivity index (χ1) is 30.4. The summed E-state index contributed by atoms with van der Waals surface area (Å²) >= 11 is 0. The van der Waals surface area contributed by atoms with Crippen molar-refractivity contribution in [3.63, 3.8) is 0 Å². The minimum atomic E-state index is -0.553. The van der Waals surface area contributed by atoms with Crippen LogP contribution in [0.25, 0.3) is 50.0 Å². The van der Waals surface area contributed by atoms with Crippen molar-refractivity contribution in [2.24, 2.45) is 0 Å². The van der Waals surface area contributed by atoms with Crippen LogP contribution >= 0.6 is 0 Å². The van der Waals surface area contributed by atoms with E-state index in [4.69, 9.17) is 23.4 Å². The summed E-state index contributed by atoms with van der Waals surface area (Å²) in [7, 11) is 0. The first kappa shape index (κ1) is 21.9. The molecular weight excluding hydrogens is 651 g/mol. The Hall–Kier alpha value is -7.18. The molecule has 0 saturated carbocycles. The Morgan fingerprint density at radius 2 is 1.25 bits per heavy atom. The molecule has 0 N–H and O–H groups in total. The number of nitrogens with zero attached hydrogens (tertiary/aromatic N) is 5. The maximum atomic E-state index is 8.98. The molecule has 4 heterocycles. The molecule has 6 nitrogen and oxygen atoms in total. The summed E-state index contributed by atoms with van der Waals surface area (Å²) in [4.78, 5) is 13.4. The van der Waals surface area contributed by atoms with Gasteiger partial charge in [-0.3, -0.25) is 9.55 Å². The van der Waals surface area contributed by atoms with Crippen LogP contribution in [0.1, 0.15) is 13.7 Å². The topological polar surface area (TPSA) is 46.4 Å². The van der Waals surface area contributed by atoms with E-state index in [0.717, 1.165) is 39.1 Å². The second-order valence-electron chi connectivity index (χ2n) is 12.4. The standard InChI is InChI=1S/C47H33N5O/c1-3-15-33(16-4-1)38-22-14-23-39(34-17-5-2-6-18-34)47(38)51-32-50(42-25-9-10-26-43(42)51)35-19-13-20-36(29-35)53-37-30-44-46(49-31-37)40-21-7-8-24-41(40)52(44)45-27-11-12-28-48-45/h1-31H,32H2/i1D,2D,3D,4D,5D,6D,15D,16D,17D,18D. The van der Waals surface area contributed by atoms with Gasteiger partial charge in [-0.05, 0) is 53.6 Å². The minimum absolute atomic E-state index is 0.0933. The normalized spacial score (nSPS) is 15.0. The smallest absolute Gasteiger partial charge is 0.147 e. The lowest BCUT2D eigenvalue weighted by Gasteiger charge is -2.27. The van der Waals surface area contributed by atoms with Crippen LogP contribution in [0.15, 0.2) is 188 Å². The van der Waals surface area contributed by atoms with E-state index >= 15 is 0 Å². The number of ether oxygens (including phenoxy) is 1. The second kappa shape index (κ2) is 12.9. The molecule has 0 spiro atoms. The van der Waals surface area contributed by atoms with Crippen molar-refractivity contribution in [3.8, 4) is 39.6 Å². The fourth-order valence-corrected chi connectivity index (χ4v) is 7.08. The lowest BCUT2D eigenvalue weighted by molar-refractivity contribution is 0.481. The first-order valence-corrected chi connectivity index (χ1v) is 16.9. The monoisotopic (exact) mass is 693 g/mol. The summed E-state index contributed by atoms with van der Waals surface area (Å²) < 4.78 is 95.2. The quantitative estimate of drug-likeness (QED) is 0.166. The lowest BCUT2D eigenvalue weighted by atomic mass is 9.95. The third-order valence-electron chi connectivity index (χ3n) is 9.32. The number of anilines is 4. The molecule has 53 heavy (non-hydrogen) atoms. The van der Waals surface area contributed by atoms with Crippen molar-refractivity contribution in [3.05, 3.63) is 188 Å². The maximum Gasteiger partial charge on any atom is 0.147 e. The van der Waals surface area contributed by atoms with Crippen molar-refractivity contribution < 1.29 is 18.4 Å². The Balaban J connectivity index is 1.10. The van der Waals surface area contributed by atoms with Gasteiger partial charge in [0.2, 0.25) is 0 Å². The van der Waals surface area contributed by atoms with Crippen LogP contribution in [0.2, 0.25) is 0 Å². The first-order valence-electron chi connectivity index (χ1n) is 21.9. The molecule has 252 valence electrons. The van der Waals surface area contributed by atoms with Crippen LogP contribution in [0.3, 0.4) is 0 Å². The summed E-state index contributed by atoms with van der Waals surface area (Å²) in [6, 6.07) is 30.6. The summed E-state index contributed by atoms with van der Waals surface area (Å²) in [5.74, 6) is 1.76. The molecule has 6 aromatic carbocycles. The van der Waals surface area contributed by atoms with E-state index in [2.05, 4.69) is 9.55 Å². The third kappa shape index (κ3) is 5.36. The summed E-state index contributed by atoms with van der Waals surface area (Å²) in [5.41, 5.74) is 5.26. The highest BCUT2D eigenvalue weighted by Gasteiger charge is 2.31. The molecule has 0 radical (unpaired) electrons. The molecule has 0 fully saturated rings. The molecule has 0 bridgehead atoms. The Labute approximate surface area is 321 Å². The lowest BCUT2D eigenvalue weighted by Crippen LogP contribution is -2.24. The molecule has 1 aliphatic heterocycles. The highest BCUT2D eigenvalue weighted by molar-refractivity contribution is 6.07. The maximum absolute atomic E-state index is 8.98. The van der Waals surface area contributed by atoms with Gasteiger partial charge in [0.25, 0.3) is 0 Å². The van der Waals surface area contributed by atoms with Crippen LogP contribution in [-0.4, -0.2) is 21.2 Å². The van der Waals surface area contributed by atoms with E-state index in [1.165, 1.54) is 0 Å². The summed E-state index contributed by atoms with van der Waals surface area (Å²) in [6.07, 6.45) is 3.44. The van der Waals surface area contributed by atoms with Crippen molar-refractivity contribution in [2.75, 3.05) is 16.5 Å². The number of fused-ring (bicyclic) bond motifs is 4. The molecule has 3 aromatic heterocycles. The van der Waals surface area contributed by atoms with E-state index < -0.39 is 60.4 Å². The molecule has 0 atom stereocenters. The molecular formula is C47H33N5O. The van der Waals surface area contributed by atoms with Crippen LogP contribution in [-0.2, 0) is 0 Å². The van der Waals surface area contributed by atoms with Crippen molar-refractivity contribution in [1.29, 1.82) is 0 Å². The van der Waals surface area contributed by atoms with E-state index in [-0.39, 0.29) is 28.9 Å². The van der Waals surface area contributed by atoms with E-state index in [9.17, 15) is 0 Å². The van der Waals surface area contributed by atoms with Gasteiger partial charge in [-0.15, -0.1) is 0 Å². The van der Waals surface area contributed by atoms with Gasteiger partial charge >= 0.3 is 0 Å². The highest BCUT2D eigenvalue weighted by Crippen LogP contribution is 2.50. The molecule has 9 aromatic rings. The van der Waals surface area contributed by atoms with Crippen LogP contribution in [0, 0.1) is 0 Å². The second-order valence-corrected chi connectivity index (χ2v) is 12.4. The van der Waals surface area contributed by atoms with Crippen LogP contribution in [0.5, 0.6) is 11.5 Å². The molecule has 0 saturated heterocycles. The number of para-hydroxylation sites is 4. The third-order valence-corrected chi connectivity index (χ3v) is 9.32. The van der Waals surface area contributed by atoms with Gasteiger partial charge in [-0.1, -0.05) is 121 Å². The number of hydrogen-bond acceptors (Lipinski definition) is 5. The zero-order valence-corrected chi connectivity index (χ0v) is 28.0. The largest absolute Gasteiger partial charge is 0.456 e. The van der Waals surface area contributed by atoms with Crippen LogP contribution < -0.4 is 14.5 Å². The fourth-order valence-electron chi connectivity index (χ4n) is 7.08. The number of rotatable bonds is 7. The zero-order chi connectivity index (χ0) is 43.8. The SMILES string of the molecule is [2H]c1c([2H])c([2H])c(-c2cccc(-c3c([2H])c([2H])c([2H])c([2H])c3[2H])c2N2CN(c3cccc(Oc4cnc5c6ccccc6n(-c6ccccn6)c5c4)c3)c3ccccc32)c([2H])c1[2H]. The molecule has 6 heteroatoms. The Morgan fingerprint density at radius 3 is 1.98 bits per heavy atom. The van der Waals surface area contributed by atoms with Gasteiger partial charge in [0.15, 0.2) is 0 Å². The predicted molar refractivity (Wildman–Crippen MR) is 216 cm³/mol. The van der Waals surface area contributed by atoms with Crippen molar-refractivity contribution >= 4 is 44.7 Å². The summed E-state index contributed by atoms with van der Waals surface area (Å²) in [5, 5.41) is 0.979. The number of benzene rings is 6. The van der Waals surface area contributed by atoms with E-state index in [1.807, 2.05) is 107 Å². The molecule has 10 rings (SSSR count). The molecule has 0 unspecified atom stereocenters. The Kier molecular flexibility index (Phi) is 5.31. The average molecular weight is 694 g/mol. The minimum Gasteiger partial charge on any atom is -0.456 e. The van der Waals surface area contributed by atoms with Gasteiger partial charge < -0.3 is 14.5 Å². The summed E-state index contributed by atoms with van der Waals surface area (Å²) in [6.45, 7) is 0.113. The van der Waals surface area contributed by atoms with Crippen molar-refractivity contribution in [2.45, 2.75) is 0 Å². The van der Waals surface area contributed by atoms with Gasteiger partial charge in [0, 0.05) is 40.5 Å². The van der Waals surface area contributed by atoms with Gasteiger partial charge in [-0.2, -0.15) is 0 Å². The Bertz CT molecular complexity index is 3200. The fraction of sp³-hybridized carbons (Fsp3) is 0.0213. The van der Waals surface area contributed by atoms with Gasteiger partial charge in [0.05, 0.1) is 53.5 Å². The van der Waals surface area contributed by atoms with Crippen molar-refractivity contribution in [1.82, 2.24) is 14.5 Å². The van der Waals surface area contributed by atoms with E-state index in [0.29, 0.717) is 22.9 Å². The number of pyridine rings is 2. The number of aromatic nitrogens is 3. The van der Waals surface area contributed by atoms with E-state index in [1.54, 1.807) is 30.6 Å². The van der Waals surface area contributed by atoms with Gasteiger partial charge in [-0.25, -0.2) is 4.98 Å².